The van der Waals surface area contributed by atoms with Gasteiger partial charge in [0.2, 0.25) is 6.17 Å². The lowest BCUT2D eigenvalue weighted by Gasteiger charge is -2.30. The molecule has 72 valence electrons. The number of imide groups is 1. The molecule has 0 bridgehead atoms. The number of urea groups is 2. The fourth-order valence-electron chi connectivity index (χ4n) is 0.888. The zero-order chi connectivity index (χ0) is 10.0. The molecule has 0 aromatic carbocycles. The lowest BCUT2D eigenvalue weighted by Crippen LogP contribution is -2.65. The monoisotopic (exact) mass is 187 g/mol. The van der Waals surface area contributed by atoms with Gasteiger partial charge in [-0.05, 0) is 0 Å². The first-order valence-electron chi connectivity index (χ1n) is 3.48. The fourth-order valence-corrected chi connectivity index (χ4v) is 0.888. The molecule has 1 heterocycles. The Kier molecular flexibility index (Phi) is 2.36. The quantitative estimate of drug-likeness (QED) is 0.507. The lowest BCUT2D eigenvalue weighted by molar-refractivity contribution is -0.146. The number of nitrogens with one attached hydrogen (secondary N) is 2. The number of rotatable bonds is 1. The highest BCUT2D eigenvalue weighted by Gasteiger charge is 2.34. The van der Waals surface area contributed by atoms with Crippen molar-refractivity contribution in [2.45, 2.75) is 6.17 Å². The highest BCUT2D eigenvalue weighted by molar-refractivity contribution is 5.99. The number of nitrogens with zero attached hydrogens (tertiary/aromatic N) is 1. The summed E-state index contributed by atoms with van der Waals surface area (Å²) in [7, 11) is 2.55. The third-order valence-electron chi connectivity index (χ3n) is 1.62. The van der Waals surface area contributed by atoms with Gasteiger partial charge in [-0.15, -0.1) is 0 Å². The number of likely N-dealkylation sites (N-methyl/N-ethyl adjacent to an activating group) is 1. The van der Waals surface area contributed by atoms with Crippen molar-refractivity contribution in [1.29, 1.82) is 0 Å². The van der Waals surface area contributed by atoms with Crippen LogP contribution in [0.2, 0.25) is 0 Å². The molecule has 0 aromatic heterocycles. The number of amides is 4. The van der Waals surface area contributed by atoms with E-state index in [1.54, 1.807) is 0 Å². The lowest BCUT2D eigenvalue weighted by atomic mass is 10.4. The van der Waals surface area contributed by atoms with Gasteiger partial charge in [-0.1, -0.05) is 0 Å². The van der Waals surface area contributed by atoms with Crippen LogP contribution in [0.4, 0.5) is 9.59 Å². The number of esters is 1. The van der Waals surface area contributed by atoms with E-state index in [0.717, 1.165) is 4.90 Å². The second-order valence-electron chi connectivity index (χ2n) is 2.44. The van der Waals surface area contributed by atoms with E-state index in [9.17, 15) is 14.4 Å². The molecule has 7 heteroatoms. The highest BCUT2D eigenvalue weighted by atomic mass is 16.5. The molecule has 2 N–H and O–H groups in total. The molecule has 4 amide bonds. The molecular formula is C6H9N3O4. The van der Waals surface area contributed by atoms with E-state index in [-0.39, 0.29) is 0 Å². The average Bonchev–Trinajstić information content (AvgIpc) is 2.10. The minimum Gasteiger partial charge on any atom is -0.466 e. The predicted octanol–water partition coefficient (Wildman–Crippen LogP) is -1.15. The Labute approximate surface area is 74.0 Å². The van der Waals surface area contributed by atoms with Crippen LogP contribution in [0.3, 0.4) is 0 Å². The molecule has 1 atom stereocenters. The third-order valence-corrected chi connectivity index (χ3v) is 1.62. The molecule has 1 saturated heterocycles. The molecule has 0 spiro atoms. The zero-order valence-corrected chi connectivity index (χ0v) is 7.16. The number of hydrogen-bond acceptors (Lipinski definition) is 4. The van der Waals surface area contributed by atoms with E-state index in [1.165, 1.54) is 14.2 Å². The Morgan fingerprint density at radius 2 is 2.15 bits per heavy atom. The number of hydrogen-bond donors (Lipinski definition) is 2. The van der Waals surface area contributed by atoms with Gasteiger partial charge < -0.3 is 10.1 Å². The maximum Gasteiger partial charge on any atom is 0.349 e. The van der Waals surface area contributed by atoms with Gasteiger partial charge in [-0.25, -0.2) is 14.4 Å². The topological polar surface area (TPSA) is 87.7 Å². The summed E-state index contributed by atoms with van der Waals surface area (Å²) in [5.41, 5.74) is 0. The molecule has 0 aromatic rings. The minimum atomic E-state index is -1.05. The van der Waals surface area contributed by atoms with E-state index in [2.05, 4.69) is 10.1 Å². The predicted molar refractivity (Wildman–Crippen MR) is 40.6 cm³/mol. The summed E-state index contributed by atoms with van der Waals surface area (Å²) in [6.45, 7) is 0. The van der Waals surface area contributed by atoms with E-state index in [0.29, 0.717) is 0 Å². The first-order chi connectivity index (χ1) is 6.06. The summed E-state index contributed by atoms with van der Waals surface area (Å²) in [6, 6.07) is -1.35. The normalized spacial score (nSPS) is 22.0. The zero-order valence-electron chi connectivity index (χ0n) is 7.16. The summed E-state index contributed by atoms with van der Waals surface area (Å²) in [4.78, 5) is 33.8. The van der Waals surface area contributed by atoms with Crippen molar-refractivity contribution in [3.8, 4) is 0 Å². The Morgan fingerprint density at radius 1 is 1.54 bits per heavy atom. The molecule has 1 rings (SSSR count). The van der Waals surface area contributed by atoms with Crippen molar-refractivity contribution in [3.05, 3.63) is 0 Å². The van der Waals surface area contributed by atoms with Gasteiger partial charge in [-0.2, -0.15) is 0 Å². The Hall–Kier alpha value is -1.79. The Morgan fingerprint density at radius 3 is 2.69 bits per heavy atom. The summed E-state index contributed by atoms with van der Waals surface area (Å²) < 4.78 is 4.38. The van der Waals surface area contributed by atoms with Crippen LogP contribution in [0.25, 0.3) is 0 Å². The SMILES string of the molecule is COC(=O)C1NC(=O)NC(=O)N1C. The molecule has 13 heavy (non-hydrogen) atoms. The average molecular weight is 187 g/mol. The summed E-state index contributed by atoms with van der Waals surface area (Å²) in [6.07, 6.45) is -1.05. The summed E-state index contributed by atoms with van der Waals surface area (Å²) in [5.74, 6) is -0.689. The van der Waals surface area contributed by atoms with Crippen LogP contribution in [0.1, 0.15) is 0 Å². The smallest absolute Gasteiger partial charge is 0.349 e. The van der Waals surface area contributed by atoms with Crippen molar-refractivity contribution in [1.82, 2.24) is 15.5 Å². The van der Waals surface area contributed by atoms with Gasteiger partial charge in [0.25, 0.3) is 0 Å². The first-order valence-corrected chi connectivity index (χ1v) is 3.48. The molecule has 1 aliphatic heterocycles. The number of methoxy groups -OCH3 is 1. The van der Waals surface area contributed by atoms with Crippen LogP contribution < -0.4 is 10.6 Å². The van der Waals surface area contributed by atoms with Crippen LogP contribution in [-0.2, 0) is 9.53 Å². The molecule has 0 aliphatic carbocycles. The van der Waals surface area contributed by atoms with Crippen molar-refractivity contribution < 1.29 is 19.1 Å². The van der Waals surface area contributed by atoms with Crippen LogP contribution in [0, 0.1) is 0 Å². The maximum atomic E-state index is 11.0. The van der Waals surface area contributed by atoms with Crippen molar-refractivity contribution in [2.24, 2.45) is 0 Å². The number of carbonyl (C=O) groups excluding carboxylic acids is 3. The van der Waals surface area contributed by atoms with Crippen molar-refractivity contribution in [3.63, 3.8) is 0 Å². The second kappa shape index (κ2) is 3.30. The van der Waals surface area contributed by atoms with Gasteiger partial charge >= 0.3 is 18.0 Å². The van der Waals surface area contributed by atoms with E-state index in [4.69, 9.17) is 0 Å². The van der Waals surface area contributed by atoms with Crippen LogP contribution in [0.5, 0.6) is 0 Å². The van der Waals surface area contributed by atoms with Crippen LogP contribution in [0.15, 0.2) is 0 Å². The molecule has 0 saturated carbocycles. The maximum absolute atomic E-state index is 11.0. The van der Waals surface area contributed by atoms with Gasteiger partial charge in [0, 0.05) is 7.05 Å². The molecule has 1 fully saturated rings. The molecule has 0 radical (unpaired) electrons. The number of ether oxygens (including phenoxy) is 1. The van der Waals surface area contributed by atoms with E-state index >= 15 is 0 Å². The molecular weight excluding hydrogens is 178 g/mol. The van der Waals surface area contributed by atoms with Crippen molar-refractivity contribution in [2.75, 3.05) is 14.2 Å². The second-order valence-corrected chi connectivity index (χ2v) is 2.44. The third kappa shape index (κ3) is 1.68. The van der Waals surface area contributed by atoms with Crippen LogP contribution in [-0.4, -0.2) is 43.3 Å². The largest absolute Gasteiger partial charge is 0.466 e. The van der Waals surface area contributed by atoms with Gasteiger partial charge in [0.1, 0.15) is 0 Å². The number of carbonyl (C=O) groups is 3. The van der Waals surface area contributed by atoms with Gasteiger partial charge in [0.15, 0.2) is 0 Å². The van der Waals surface area contributed by atoms with Gasteiger partial charge in [0.05, 0.1) is 7.11 Å². The highest BCUT2D eigenvalue weighted by Crippen LogP contribution is 2.00. The molecule has 1 unspecified atom stereocenters. The van der Waals surface area contributed by atoms with Gasteiger partial charge in [-0.3, -0.25) is 10.2 Å². The first kappa shape index (κ1) is 9.30. The van der Waals surface area contributed by atoms with Crippen LogP contribution >= 0.6 is 0 Å². The molecule has 7 nitrogen and oxygen atoms in total. The standard InChI is InChI=1S/C6H9N3O4/c1-9-3(4(10)13-2)7-5(11)8-6(9)12/h3H,1-2H3,(H2,7,8,11,12). The minimum absolute atomic E-state index is 0.640. The summed E-state index contributed by atoms with van der Waals surface area (Å²) >= 11 is 0. The van der Waals surface area contributed by atoms with E-state index < -0.39 is 24.2 Å². The molecule has 1 aliphatic rings. The Balaban J connectivity index is 2.77. The summed E-state index contributed by atoms with van der Waals surface area (Å²) in [5, 5.41) is 4.19. The fraction of sp³-hybridized carbons (Fsp3) is 0.500. The van der Waals surface area contributed by atoms with E-state index in [1.807, 2.05) is 5.32 Å². The Bertz CT molecular complexity index is 265. The van der Waals surface area contributed by atoms with Crippen molar-refractivity contribution >= 4 is 18.0 Å².